The number of nitrogens with one attached hydrogen (secondary N) is 1. The van der Waals surface area contributed by atoms with E-state index in [9.17, 15) is 0 Å². The molecule has 0 radical (unpaired) electrons. The quantitative estimate of drug-likeness (QED) is 0.763. The minimum atomic E-state index is 0.383. The smallest absolute Gasteiger partial charge is 0.0700 e. The third-order valence-electron chi connectivity index (χ3n) is 2.26. The first-order valence-corrected chi connectivity index (χ1v) is 5.53. The normalized spacial score (nSPS) is 10.1. The Morgan fingerprint density at radius 1 is 0.938 bits per heavy atom. The standard InChI is InChI=1S/C13H9Cl2N/c14-10-6-7-12(15)11(8-10)13(16)9-4-2-1-3-5-9/h1-8,16H. The van der Waals surface area contributed by atoms with Gasteiger partial charge in [-0.05, 0) is 18.2 Å². The van der Waals surface area contributed by atoms with Crippen molar-refractivity contribution in [1.29, 1.82) is 5.41 Å². The summed E-state index contributed by atoms with van der Waals surface area (Å²) in [6, 6.07) is 14.6. The molecule has 0 unspecified atom stereocenters. The first-order chi connectivity index (χ1) is 7.68. The van der Waals surface area contributed by atoms with Crippen LogP contribution in [-0.4, -0.2) is 5.71 Å². The fourth-order valence-corrected chi connectivity index (χ4v) is 1.83. The van der Waals surface area contributed by atoms with Crippen molar-refractivity contribution in [1.82, 2.24) is 0 Å². The van der Waals surface area contributed by atoms with Crippen molar-refractivity contribution in [3.8, 4) is 0 Å². The first kappa shape index (κ1) is 11.2. The molecule has 0 atom stereocenters. The maximum absolute atomic E-state index is 8.07. The number of halogens is 2. The molecule has 0 bridgehead atoms. The summed E-state index contributed by atoms with van der Waals surface area (Å²) >= 11 is 11.9. The van der Waals surface area contributed by atoms with E-state index in [1.165, 1.54) is 0 Å². The molecule has 16 heavy (non-hydrogen) atoms. The minimum Gasteiger partial charge on any atom is -0.300 e. The molecule has 0 aliphatic carbocycles. The van der Waals surface area contributed by atoms with Gasteiger partial charge in [0.15, 0.2) is 0 Å². The van der Waals surface area contributed by atoms with Crippen molar-refractivity contribution >= 4 is 28.9 Å². The molecule has 0 heterocycles. The third kappa shape index (κ3) is 2.26. The van der Waals surface area contributed by atoms with Gasteiger partial charge in [-0.1, -0.05) is 53.5 Å². The van der Waals surface area contributed by atoms with Gasteiger partial charge in [-0.2, -0.15) is 0 Å². The van der Waals surface area contributed by atoms with Crippen LogP contribution in [0.2, 0.25) is 10.0 Å². The highest BCUT2D eigenvalue weighted by Crippen LogP contribution is 2.23. The van der Waals surface area contributed by atoms with Gasteiger partial charge in [0.05, 0.1) is 10.7 Å². The van der Waals surface area contributed by atoms with Crippen molar-refractivity contribution in [3.63, 3.8) is 0 Å². The van der Waals surface area contributed by atoms with Crippen LogP contribution >= 0.6 is 23.2 Å². The Bertz CT molecular complexity index is 521. The summed E-state index contributed by atoms with van der Waals surface area (Å²) in [6.45, 7) is 0. The second-order valence-electron chi connectivity index (χ2n) is 3.37. The summed E-state index contributed by atoms with van der Waals surface area (Å²) < 4.78 is 0. The van der Waals surface area contributed by atoms with Gasteiger partial charge in [0.1, 0.15) is 0 Å². The molecule has 0 aromatic heterocycles. The first-order valence-electron chi connectivity index (χ1n) is 4.78. The third-order valence-corrected chi connectivity index (χ3v) is 2.82. The van der Waals surface area contributed by atoms with Gasteiger partial charge < -0.3 is 0 Å². The molecular formula is C13H9Cl2N. The van der Waals surface area contributed by atoms with Crippen LogP contribution in [0.4, 0.5) is 0 Å². The van der Waals surface area contributed by atoms with Gasteiger partial charge in [-0.15, -0.1) is 0 Å². The fraction of sp³-hybridized carbons (Fsp3) is 0. The summed E-state index contributed by atoms with van der Waals surface area (Å²) in [7, 11) is 0. The molecule has 0 aliphatic heterocycles. The average molecular weight is 250 g/mol. The summed E-state index contributed by atoms with van der Waals surface area (Å²) in [4.78, 5) is 0. The summed E-state index contributed by atoms with van der Waals surface area (Å²) in [5, 5.41) is 9.19. The van der Waals surface area contributed by atoms with E-state index in [0.29, 0.717) is 21.3 Å². The highest BCUT2D eigenvalue weighted by atomic mass is 35.5. The maximum Gasteiger partial charge on any atom is 0.0700 e. The lowest BCUT2D eigenvalue weighted by atomic mass is 10.0. The average Bonchev–Trinajstić information content (AvgIpc) is 2.32. The van der Waals surface area contributed by atoms with Crippen LogP contribution in [0.3, 0.4) is 0 Å². The molecule has 0 saturated heterocycles. The Labute approximate surface area is 104 Å². The van der Waals surface area contributed by atoms with E-state index >= 15 is 0 Å². The summed E-state index contributed by atoms with van der Waals surface area (Å²) in [6.07, 6.45) is 0. The number of hydrogen-bond donors (Lipinski definition) is 1. The van der Waals surface area contributed by atoms with Gasteiger partial charge in [-0.3, -0.25) is 5.41 Å². The Kier molecular flexibility index (Phi) is 3.28. The van der Waals surface area contributed by atoms with E-state index in [1.54, 1.807) is 18.2 Å². The van der Waals surface area contributed by atoms with Crippen LogP contribution in [-0.2, 0) is 0 Å². The number of hydrogen-bond acceptors (Lipinski definition) is 1. The van der Waals surface area contributed by atoms with Crippen LogP contribution in [0.15, 0.2) is 48.5 Å². The van der Waals surface area contributed by atoms with Crippen molar-refractivity contribution in [2.75, 3.05) is 0 Å². The number of rotatable bonds is 2. The molecule has 2 aromatic rings. The molecule has 1 N–H and O–H groups in total. The molecule has 0 fully saturated rings. The molecular weight excluding hydrogens is 241 g/mol. The molecule has 80 valence electrons. The Morgan fingerprint density at radius 2 is 1.62 bits per heavy atom. The lowest BCUT2D eigenvalue weighted by molar-refractivity contribution is 1.46. The van der Waals surface area contributed by atoms with Crippen LogP contribution < -0.4 is 0 Å². The van der Waals surface area contributed by atoms with E-state index < -0.39 is 0 Å². The summed E-state index contributed by atoms with van der Waals surface area (Å²) in [5.41, 5.74) is 1.86. The topological polar surface area (TPSA) is 23.9 Å². The molecule has 0 saturated carbocycles. The van der Waals surface area contributed by atoms with Crippen LogP contribution in [0.25, 0.3) is 0 Å². The highest BCUT2D eigenvalue weighted by Gasteiger charge is 2.08. The highest BCUT2D eigenvalue weighted by molar-refractivity contribution is 6.37. The van der Waals surface area contributed by atoms with E-state index in [0.717, 1.165) is 5.56 Å². The SMILES string of the molecule is N=C(c1ccccc1)c1cc(Cl)ccc1Cl. The van der Waals surface area contributed by atoms with E-state index in [1.807, 2.05) is 30.3 Å². The monoisotopic (exact) mass is 249 g/mol. The lowest BCUT2D eigenvalue weighted by Gasteiger charge is -2.06. The molecule has 1 nitrogen and oxygen atoms in total. The van der Waals surface area contributed by atoms with E-state index in [4.69, 9.17) is 28.6 Å². The molecule has 0 spiro atoms. The molecule has 3 heteroatoms. The molecule has 2 aromatic carbocycles. The minimum absolute atomic E-state index is 0.383. The predicted octanol–water partition coefficient (Wildman–Crippen LogP) is 4.41. The van der Waals surface area contributed by atoms with Crippen molar-refractivity contribution < 1.29 is 0 Å². The Morgan fingerprint density at radius 3 is 2.31 bits per heavy atom. The molecule has 2 rings (SSSR count). The lowest BCUT2D eigenvalue weighted by Crippen LogP contribution is -2.01. The van der Waals surface area contributed by atoms with Gasteiger partial charge in [-0.25, -0.2) is 0 Å². The zero-order valence-electron chi connectivity index (χ0n) is 8.37. The molecule has 0 amide bonds. The molecule has 0 aliphatic rings. The Hall–Kier alpha value is -1.31. The summed E-state index contributed by atoms with van der Waals surface area (Å²) in [5.74, 6) is 0. The zero-order valence-corrected chi connectivity index (χ0v) is 9.89. The van der Waals surface area contributed by atoms with Gasteiger partial charge in [0.25, 0.3) is 0 Å². The fourth-order valence-electron chi connectivity index (χ4n) is 1.45. The van der Waals surface area contributed by atoms with E-state index in [-0.39, 0.29) is 0 Å². The predicted molar refractivity (Wildman–Crippen MR) is 68.8 cm³/mol. The number of benzene rings is 2. The zero-order chi connectivity index (χ0) is 11.5. The Balaban J connectivity index is 2.46. The van der Waals surface area contributed by atoms with E-state index in [2.05, 4.69) is 0 Å². The maximum atomic E-state index is 8.07. The van der Waals surface area contributed by atoms with Crippen LogP contribution in [0.5, 0.6) is 0 Å². The second kappa shape index (κ2) is 4.69. The van der Waals surface area contributed by atoms with Gasteiger partial charge in [0.2, 0.25) is 0 Å². The van der Waals surface area contributed by atoms with Crippen molar-refractivity contribution in [2.24, 2.45) is 0 Å². The van der Waals surface area contributed by atoms with Crippen molar-refractivity contribution in [2.45, 2.75) is 0 Å². The van der Waals surface area contributed by atoms with Gasteiger partial charge in [0, 0.05) is 16.1 Å². The van der Waals surface area contributed by atoms with Crippen LogP contribution in [0, 0.1) is 5.41 Å². The van der Waals surface area contributed by atoms with Gasteiger partial charge >= 0.3 is 0 Å². The van der Waals surface area contributed by atoms with Crippen molar-refractivity contribution in [3.05, 3.63) is 69.7 Å². The largest absolute Gasteiger partial charge is 0.300 e. The van der Waals surface area contributed by atoms with Crippen LogP contribution in [0.1, 0.15) is 11.1 Å². The second-order valence-corrected chi connectivity index (χ2v) is 4.21.